The molecule has 0 spiro atoms. The predicted octanol–water partition coefficient (Wildman–Crippen LogP) is 7.98. The van der Waals surface area contributed by atoms with E-state index in [9.17, 15) is 9.59 Å². The molecule has 4 heterocycles. The number of aromatic nitrogens is 6. The quantitative estimate of drug-likeness (QED) is 0.0831. The largest absolute Gasteiger partial charge is 0.444 e. The van der Waals surface area contributed by atoms with Crippen LogP contribution in [-0.4, -0.2) is 71.7 Å². The fourth-order valence-electron chi connectivity index (χ4n) is 4.91. The maximum atomic E-state index is 12.1. The molecule has 0 aliphatic carbocycles. The van der Waals surface area contributed by atoms with Crippen molar-refractivity contribution in [2.45, 2.75) is 52.7 Å². The van der Waals surface area contributed by atoms with Gasteiger partial charge in [-0.1, -0.05) is 12.1 Å². The predicted molar refractivity (Wildman–Crippen MR) is 225 cm³/mol. The van der Waals surface area contributed by atoms with Gasteiger partial charge in [-0.3, -0.25) is 19.8 Å². The molecule has 0 aliphatic rings. The molecule has 2 aromatic carbocycles. The number of benzene rings is 2. The number of rotatable bonds is 5. The van der Waals surface area contributed by atoms with Gasteiger partial charge in [0.25, 0.3) is 0 Å². The van der Waals surface area contributed by atoms with Crippen LogP contribution < -0.4 is 21.7 Å². The molecule has 53 heavy (non-hydrogen) atoms. The zero-order valence-electron chi connectivity index (χ0n) is 30.5. The van der Waals surface area contributed by atoms with Crippen molar-refractivity contribution in [1.82, 2.24) is 29.1 Å². The van der Waals surface area contributed by atoms with Crippen LogP contribution in [0.1, 0.15) is 41.5 Å². The first kappa shape index (κ1) is 41.0. The van der Waals surface area contributed by atoms with Gasteiger partial charge in [0.15, 0.2) is 11.3 Å². The van der Waals surface area contributed by atoms with Crippen molar-refractivity contribution in [2.24, 2.45) is 0 Å². The molecule has 4 aromatic heterocycles. The van der Waals surface area contributed by atoms with Crippen LogP contribution in [0.15, 0.2) is 73.6 Å². The fraction of sp³-hybridized carbons (Fsp3) is 0.278. The number of carbonyl (C=O) groups excluding carboxylic acids is 2. The van der Waals surface area contributed by atoms with Gasteiger partial charge in [-0.05, 0) is 123 Å². The lowest BCUT2D eigenvalue weighted by atomic mass is 10.2. The molecule has 0 saturated carbocycles. The molecule has 0 aliphatic heterocycles. The van der Waals surface area contributed by atoms with Crippen LogP contribution in [-0.2, 0) is 9.47 Å². The van der Waals surface area contributed by atoms with Crippen LogP contribution in [0.3, 0.4) is 0 Å². The normalized spacial score (nSPS) is 11.2. The van der Waals surface area contributed by atoms with E-state index in [2.05, 4.69) is 81.1 Å². The summed E-state index contributed by atoms with van der Waals surface area (Å²) in [7, 11) is 2.88. The average Bonchev–Trinajstić information content (AvgIpc) is 3.62. The number of nitrogens with one attached hydrogen (secondary N) is 3. The summed E-state index contributed by atoms with van der Waals surface area (Å²) in [5, 5.41) is 17.1. The molecule has 0 saturated heterocycles. The van der Waals surface area contributed by atoms with Gasteiger partial charge in [0.05, 0.1) is 10.8 Å². The van der Waals surface area contributed by atoms with Crippen molar-refractivity contribution < 1.29 is 24.2 Å². The number of anilines is 4. The number of nitrogens with two attached hydrogens (primary N) is 1. The summed E-state index contributed by atoms with van der Waals surface area (Å²) in [6, 6.07) is 15.5. The Morgan fingerprint density at radius 1 is 0.717 bits per heavy atom. The Bertz CT molecular complexity index is 2220. The monoisotopic (exact) mass is 948 g/mol. The molecule has 0 atom stereocenters. The second kappa shape index (κ2) is 17.4. The number of nitrogens with zero attached hydrogens (tertiary/aromatic N) is 6. The van der Waals surface area contributed by atoms with Crippen LogP contribution >= 0.6 is 45.2 Å². The number of hydrogen-bond donors (Lipinski definition) is 5. The molecule has 0 radical (unpaired) electrons. The maximum Gasteiger partial charge on any atom is 0.413 e. The minimum Gasteiger partial charge on any atom is -0.444 e. The fourth-order valence-corrected chi connectivity index (χ4v) is 6.46. The number of fused-ring (bicyclic) bond motifs is 2. The van der Waals surface area contributed by atoms with Crippen LogP contribution in [0.25, 0.3) is 33.4 Å². The highest BCUT2D eigenvalue weighted by Gasteiger charge is 2.22. The average molecular weight is 949 g/mol. The summed E-state index contributed by atoms with van der Waals surface area (Å²) in [4.78, 5) is 41.4. The Balaban J connectivity index is 0.000000226. The molecule has 6 aromatic rings. The molecule has 280 valence electrons. The third-order valence-corrected chi connectivity index (χ3v) is 8.51. The number of nitrogen functional groups attached to an aromatic ring is 1. The Hall–Kier alpha value is -4.76. The second-order valence-corrected chi connectivity index (χ2v) is 15.5. The second-order valence-electron chi connectivity index (χ2n) is 13.2. The molecular weight excluding hydrogens is 906 g/mol. The third-order valence-electron chi connectivity index (χ3n) is 6.87. The standard InChI is InChI=1S/C18H20IN5O2.C17H18IN5O2.CH4O/c1-18(2,3)26-17(25)23-15-14-13(19)9-24(16(14)22-10-21-15)12-7-5-6-11(8-12)20-4;1-17(2,3)25-16(24)22-14-13-12(18)8-23(15(13)21-9-20-14)11-6-4-5-10(19)7-11;1-2/h5-10,20H,1-4H3,(H,21,22,23,25);4-9H,19H2,1-3H3,(H,20,21,22,24);2H,1H3. The summed E-state index contributed by atoms with van der Waals surface area (Å²) >= 11 is 4.41. The SMILES string of the molecule is CC(C)(C)OC(=O)Nc1ncnc2c1c(I)cn2-c1cccc(N)c1.CNc1cccc(-n2cc(I)c3c(NC(=O)OC(C)(C)C)ncnc32)c1.CO. The summed E-state index contributed by atoms with van der Waals surface area (Å²) < 4.78 is 16.3. The van der Waals surface area contributed by atoms with Crippen LogP contribution in [0, 0.1) is 7.14 Å². The minimum atomic E-state index is -0.586. The molecule has 0 fully saturated rings. The molecule has 15 nitrogen and oxygen atoms in total. The lowest BCUT2D eigenvalue weighted by Gasteiger charge is -2.19. The lowest BCUT2D eigenvalue weighted by molar-refractivity contribution is 0.0624. The lowest BCUT2D eigenvalue weighted by Crippen LogP contribution is -2.27. The summed E-state index contributed by atoms with van der Waals surface area (Å²) in [6.07, 6.45) is 5.64. The van der Waals surface area contributed by atoms with Crippen molar-refractivity contribution in [3.05, 3.63) is 80.7 Å². The van der Waals surface area contributed by atoms with E-state index in [0.717, 1.165) is 42.1 Å². The van der Waals surface area contributed by atoms with E-state index in [-0.39, 0.29) is 0 Å². The van der Waals surface area contributed by atoms with Crippen LogP contribution in [0.4, 0.5) is 32.6 Å². The topological polar surface area (TPSA) is 196 Å². The summed E-state index contributed by atoms with van der Waals surface area (Å²) in [6.45, 7) is 10.9. The van der Waals surface area contributed by atoms with Gasteiger partial charge in [-0.2, -0.15) is 0 Å². The number of hydrogen-bond acceptors (Lipinski definition) is 11. The number of aliphatic hydroxyl groups is 1. The molecule has 17 heteroatoms. The van der Waals surface area contributed by atoms with E-state index in [1.165, 1.54) is 12.7 Å². The number of aliphatic hydroxyl groups excluding tert-OH is 1. The van der Waals surface area contributed by atoms with Crippen LogP contribution in [0.2, 0.25) is 0 Å². The van der Waals surface area contributed by atoms with Crippen LogP contribution in [0.5, 0.6) is 0 Å². The molecule has 0 unspecified atom stereocenters. The first-order chi connectivity index (χ1) is 25.0. The van der Waals surface area contributed by atoms with Gasteiger partial charge in [0, 0.05) is 56.4 Å². The first-order valence-corrected chi connectivity index (χ1v) is 18.3. The number of halogens is 2. The van der Waals surface area contributed by atoms with E-state index >= 15 is 0 Å². The van der Waals surface area contributed by atoms with Gasteiger partial charge in [-0.15, -0.1) is 0 Å². The minimum absolute atomic E-state index is 0.409. The Morgan fingerprint density at radius 3 is 1.57 bits per heavy atom. The number of carbonyl (C=O) groups is 2. The van der Waals surface area contributed by atoms with E-state index < -0.39 is 23.4 Å². The Morgan fingerprint density at radius 2 is 1.15 bits per heavy atom. The highest BCUT2D eigenvalue weighted by Crippen LogP contribution is 2.31. The van der Waals surface area contributed by atoms with Crippen molar-refractivity contribution in [3.63, 3.8) is 0 Å². The van der Waals surface area contributed by atoms with Gasteiger partial charge in [0.1, 0.15) is 35.5 Å². The highest BCUT2D eigenvalue weighted by atomic mass is 127. The van der Waals surface area contributed by atoms with Gasteiger partial charge in [0.2, 0.25) is 0 Å². The van der Waals surface area contributed by atoms with E-state index in [1.807, 2.05) is 119 Å². The van der Waals surface area contributed by atoms with Crippen molar-refractivity contribution in [3.8, 4) is 11.4 Å². The van der Waals surface area contributed by atoms with E-state index in [0.29, 0.717) is 28.6 Å². The zero-order valence-corrected chi connectivity index (χ0v) is 34.8. The number of ether oxygens (including phenoxy) is 2. The maximum absolute atomic E-state index is 12.1. The van der Waals surface area contributed by atoms with Crippen molar-refractivity contribution >= 4 is 102 Å². The van der Waals surface area contributed by atoms with Crippen molar-refractivity contribution in [1.29, 1.82) is 0 Å². The Labute approximate surface area is 334 Å². The van der Waals surface area contributed by atoms with Gasteiger partial charge in [-0.25, -0.2) is 29.5 Å². The summed E-state index contributed by atoms with van der Waals surface area (Å²) in [5.74, 6) is 0.837. The van der Waals surface area contributed by atoms with Gasteiger partial charge >= 0.3 is 12.2 Å². The zero-order chi connectivity index (χ0) is 39.1. The highest BCUT2D eigenvalue weighted by molar-refractivity contribution is 14.1. The molecule has 0 bridgehead atoms. The molecule has 2 amide bonds. The van der Waals surface area contributed by atoms with E-state index in [4.69, 9.17) is 20.3 Å². The van der Waals surface area contributed by atoms with E-state index in [1.54, 1.807) is 0 Å². The summed E-state index contributed by atoms with van der Waals surface area (Å²) in [5.41, 5.74) is 9.61. The Kier molecular flexibility index (Phi) is 13.4. The van der Waals surface area contributed by atoms with Crippen molar-refractivity contribution in [2.75, 3.05) is 35.8 Å². The third kappa shape index (κ3) is 10.7. The number of amides is 2. The van der Waals surface area contributed by atoms with Gasteiger partial charge < -0.3 is 25.6 Å². The molecular formula is C36H42I2N10O5. The molecule has 6 rings (SSSR count). The first-order valence-electron chi connectivity index (χ1n) is 16.1. The molecule has 6 N–H and O–H groups in total. The smallest absolute Gasteiger partial charge is 0.413 e.